The second kappa shape index (κ2) is 4.46. The first kappa shape index (κ1) is 10.7. The van der Waals surface area contributed by atoms with Crippen LogP contribution >= 0.6 is 0 Å². The van der Waals surface area contributed by atoms with E-state index >= 15 is 0 Å². The lowest BCUT2D eigenvalue weighted by molar-refractivity contribution is 0.0927. The smallest absolute Gasteiger partial charge is 0.100 e. The van der Waals surface area contributed by atoms with Gasteiger partial charge in [-0.3, -0.25) is 0 Å². The van der Waals surface area contributed by atoms with Crippen molar-refractivity contribution in [3.63, 3.8) is 0 Å². The standard InChI is InChI=1S/C12H16N4O/c13-6-5-11-12(9-3-4-9)16(15-14-11)8-10-2-1-7-17-10/h9-10H,1-5,7-8H2. The molecule has 1 unspecified atom stereocenters. The van der Waals surface area contributed by atoms with Crippen molar-refractivity contribution in [2.75, 3.05) is 6.61 Å². The summed E-state index contributed by atoms with van der Waals surface area (Å²) in [6, 6.07) is 2.17. The molecular weight excluding hydrogens is 216 g/mol. The molecule has 1 aliphatic heterocycles. The fraction of sp³-hybridized carbons (Fsp3) is 0.750. The predicted molar refractivity (Wildman–Crippen MR) is 60.3 cm³/mol. The first-order valence-electron chi connectivity index (χ1n) is 6.29. The zero-order valence-corrected chi connectivity index (χ0v) is 9.80. The van der Waals surface area contributed by atoms with Crippen molar-refractivity contribution in [3.8, 4) is 6.07 Å². The minimum absolute atomic E-state index is 0.282. The first-order chi connectivity index (χ1) is 8.38. The number of ether oxygens (including phenoxy) is 1. The molecule has 2 aliphatic rings. The van der Waals surface area contributed by atoms with E-state index in [0.717, 1.165) is 31.7 Å². The monoisotopic (exact) mass is 232 g/mol. The predicted octanol–water partition coefficient (Wildman–Crippen LogP) is 1.40. The lowest BCUT2D eigenvalue weighted by Crippen LogP contribution is -2.18. The van der Waals surface area contributed by atoms with Crippen LogP contribution < -0.4 is 0 Å². The summed E-state index contributed by atoms with van der Waals surface area (Å²) < 4.78 is 7.60. The van der Waals surface area contributed by atoms with E-state index in [4.69, 9.17) is 10.00 Å². The quantitative estimate of drug-likeness (QED) is 0.787. The molecule has 17 heavy (non-hydrogen) atoms. The molecule has 1 atom stereocenters. The molecule has 1 aromatic rings. The van der Waals surface area contributed by atoms with Crippen LogP contribution in [0.4, 0.5) is 0 Å². The summed E-state index contributed by atoms with van der Waals surface area (Å²) in [5.74, 6) is 0.578. The fourth-order valence-electron chi connectivity index (χ4n) is 2.48. The third-order valence-electron chi connectivity index (χ3n) is 3.46. The van der Waals surface area contributed by atoms with E-state index in [1.54, 1.807) is 0 Å². The summed E-state index contributed by atoms with van der Waals surface area (Å²) in [4.78, 5) is 0. The largest absolute Gasteiger partial charge is 0.376 e. The molecule has 90 valence electrons. The molecule has 1 saturated heterocycles. The zero-order chi connectivity index (χ0) is 11.7. The number of nitriles is 1. The molecule has 0 bridgehead atoms. The van der Waals surface area contributed by atoms with Gasteiger partial charge in [0.15, 0.2) is 0 Å². The van der Waals surface area contributed by atoms with E-state index < -0.39 is 0 Å². The van der Waals surface area contributed by atoms with E-state index in [-0.39, 0.29) is 6.10 Å². The van der Waals surface area contributed by atoms with Crippen molar-refractivity contribution in [1.82, 2.24) is 15.0 Å². The van der Waals surface area contributed by atoms with Gasteiger partial charge >= 0.3 is 0 Å². The molecular formula is C12H16N4O. The summed E-state index contributed by atoms with van der Waals surface area (Å²) >= 11 is 0. The second-order valence-corrected chi connectivity index (χ2v) is 4.85. The van der Waals surface area contributed by atoms with Crippen molar-refractivity contribution in [3.05, 3.63) is 11.4 Å². The van der Waals surface area contributed by atoms with Crippen LogP contribution in [0.25, 0.3) is 0 Å². The van der Waals surface area contributed by atoms with Gasteiger partial charge in [0.25, 0.3) is 0 Å². The highest BCUT2D eigenvalue weighted by atomic mass is 16.5. The summed E-state index contributed by atoms with van der Waals surface area (Å²) in [7, 11) is 0. The molecule has 2 fully saturated rings. The maximum Gasteiger partial charge on any atom is 0.100 e. The lowest BCUT2D eigenvalue weighted by atomic mass is 10.2. The van der Waals surface area contributed by atoms with Crippen molar-refractivity contribution in [2.45, 2.75) is 50.7 Å². The van der Waals surface area contributed by atoms with Gasteiger partial charge in [-0.1, -0.05) is 5.21 Å². The average molecular weight is 232 g/mol. The van der Waals surface area contributed by atoms with E-state index in [1.165, 1.54) is 18.5 Å². The minimum Gasteiger partial charge on any atom is -0.376 e. The number of rotatable bonds is 4. The van der Waals surface area contributed by atoms with Gasteiger partial charge in [0.05, 0.1) is 30.8 Å². The molecule has 0 radical (unpaired) electrons. The molecule has 0 N–H and O–H groups in total. The SMILES string of the molecule is N#CCc1nnn(CC2CCCO2)c1C1CC1. The van der Waals surface area contributed by atoms with Crippen LogP contribution in [0.3, 0.4) is 0 Å². The molecule has 5 nitrogen and oxygen atoms in total. The fourth-order valence-corrected chi connectivity index (χ4v) is 2.48. The van der Waals surface area contributed by atoms with Gasteiger partial charge in [0.1, 0.15) is 5.69 Å². The van der Waals surface area contributed by atoms with Gasteiger partial charge in [-0.2, -0.15) is 5.26 Å². The Kier molecular flexibility index (Phi) is 2.81. The Labute approximate surface area is 100 Å². The van der Waals surface area contributed by atoms with Crippen LogP contribution in [0.15, 0.2) is 0 Å². The lowest BCUT2D eigenvalue weighted by Gasteiger charge is -2.11. The minimum atomic E-state index is 0.282. The van der Waals surface area contributed by atoms with Crippen LogP contribution in [0.5, 0.6) is 0 Å². The van der Waals surface area contributed by atoms with Crippen molar-refractivity contribution in [1.29, 1.82) is 5.26 Å². The van der Waals surface area contributed by atoms with Crippen LogP contribution in [0.1, 0.15) is 43.0 Å². The highest BCUT2D eigenvalue weighted by Gasteiger charge is 2.32. The Bertz CT molecular complexity index is 438. The van der Waals surface area contributed by atoms with Gasteiger partial charge < -0.3 is 4.74 Å². The Morgan fingerprint density at radius 2 is 2.29 bits per heavy atom. The molecule has 0 amide bonds. The third-order valence-corrected chi connectivity index (χ3v) is 3.46. The van der Waals surface area contributed by atoms with Gasteiger partial charge in [0, 0.05) is 12.5 Å². The van der Waals surface area contributed by atoms with E-state index in [2.05, 4.69) is 16.4 Å². The van der Waals surface area contributed by atoms with Crippen LogP contribution in [-0.2, 0) is 17.7 Å². The molecule has 1 aliphatic carbocycles. The second-order valence-electron chi connectivity index (χ2n) is 4.85. The van der Waals surface area contributed by atoms with Gasteiger partial charge in [-0.25, -0.2) is 4.68 Å². The van der Waals surface area contributed by atoms with E-state index in [0.29, 0.717) is 12.3 Å². The summed E-state index contributed by atoms with van der Waals surface area (Å²) in [6.45, 7) is 1.66. The highest BCUT2D eigenvalue weighted by Crippen LogP contribution is 2.41. The van der Waals surface area contributed by atoms with Crippen LogP contribution in [0, 0.1) is 11.3 Å². The first-order valence-corrected chi connectivity index (χ1v) is 6.29. The highest BCUT2D eigenvalue weighted by molar-refractivity contribution is 5.23. The van der Waals surface area contributed by atoms with Crippen LogP contribution in [-0.4, -0.2) is 27.7 Å². The number of hydrogen-bond acceptors (Lipinski definition) is 4. The molecule has 1 saturated carbocycles. The number of nitrogens with zero attached hydrogens (tertiary/aromatic N) is 4. The van der Waals surface area contributed by atoms with Crippen molar-refractivity contribution >= 4 is 0 Å². The Morgan fingerprint density at radius 1 is 1.41 bits per heavy atom. The van der Waals surface area contributed by atoms with Gasteiger partial charge in [-0.15, -0.1) is 5.10 Å². The molecule has 2 heterocycles. The molecule has 1 aromatic heterocycles. The third kappa shape index (κ3) is 2.18. The van der Waals surface area contributed by atoms with E-state index in [1.807, 2.05) is 4.68 Å². The molecule has 0 spiro atoms. The van der Waals surface area contributed by atoms with E-state index in [9.17, 15) is 0 Å². The molecule has 3 rings (SSSR count). The Hall–Kier alpha value is -1.41. The summed E-state index contributed by atoms with van der Waals surface area (Å²) in [6.07, 6.45) is 5.32. The summed E-state index contributed by atoms with van der Waals surface area (Å²) in [5.41, 5.74) is 2.05. The maximum absolute atomic E-state index is 8.79. The van der Waals surface area contributed by atoms with Crippen molar-refractivity contribution < 1.29 is 4.74 Å². The molecule has 5 heteroatoms. The normalized spacial score (nSPS) is 23.8. The number of hydrogen-bond donors (Lipinski definition) is 0. The number of aromatic nitrogens is 3. The zero-order valence-electron chi connectivity index (χ0n) is 9.80. The Balaban J connectivity index is 1.80. The topological polar surface area (TPSA) is 63.7 Å². The summed E-state index contributed by atoms with van der Waals surface area (Å²) in [5, 5.41) is 17.1. The Morgan fingerprint density at radius 3 is 2.94 bits per heavy atom. The van der Waals surface area contributed by atoms with Crippen LogP contribution in [0.2, 0.25) is 0 Å². The van der Waals surface area contributed by atoms with Gasteiger partial charge in [-0.05, 0) is 25.7 Å². The van der Waals surface area contributed by atoms with Crippen molar-refractivity contribution in [2.24, 2.45) is 0 Å². The molecule has 0 aromatic carbocycles. The average Bonchev–Trinajstić information content (AvgIpc) is 2.88. The maximum atomic E-state index is 8.79. The van der Waals surface area contributed by atoms with Gasteiger partial charge in [0.2, 0.25) is 0 Å².